The van der Waals surface area contributed by atoms with Gasteiger partial charge in [0.15, 0.2) is 0 Å². The summed E-state index contributed by atoms with van der Waals surface area (Å²) in [6, 6.07) is 17.3. The van der Waals surface area contributed by atoms with Crippen molar-refractivity contribution in [3.05, 3.63) is 59.7 Å². The molecule has 0 radical (unpaired) electrons. The van der Waals surface area contributed by atoms with Gasteiger partial charge < -0.3 is 10.2 Å². The maximum absolute atomic E-state index is 3.63. The largest absolute Gasteiger partial charge is 0.379 e. The average Bonchev–Trinajstić information content (AvgIpc) is 2.55. The Morgan fingerprint density at radius 3 is 2.43 bits per heavy atom. The zero-order chi connectivity index (χ0) is 14.5. The summed E-state index contributed by atoms with van der Waals surface area (Å²) in [5.41, 5.74) is 5.32. The summed E-state index contributed by atoms with van der Waals surface area (Å²) in [4.78, 5) is 2.52. The van der Waals surface area contributed by atoms with E-state index in [4.69, 9.17) is 0 Å². The second kappa shape index (κ2) is 6.66. The lowest BCUT2D eigenvalue weighted by Crippen LogP contribution is -2.30. The van der Waals surface area contributed by atoms with E-state index in [1.54, 1.807) is 0 Å². The third kappa shape index (κ3) is 3.38. The Morgan fingerprint density at radius 1 is 0.905 bits per heavy atom. The van der Waals surface area contributed by atoms with E-state index in [0.29, 0.717) is 0 Å². The highest BCUT2D eigenvalue weighted by molar-refractivity contribution is 5.70. The van der Waals surface area contributed by atoms with Gasteiger partial charge in [0, 0.05) is 19.6 Å². The van der Waals surface area contributed by atoms with Crippen molar-refractivity contribution >= 4 is 11.4 Å². The minimum Gasteiger partial charge on any atom is -0.379 e. The molecule has 2 nitrogen and oxygen atoms in total. The summed E-state index contributed by atoms with van der Waals surface area (Å²) >= 11 is 0. The van der Waals surface area contributed by atoms with E-state index in [1.165, 1.54) is 54.9 Å². The molecule has 0 aromatic heterocycles. The van der Waals surface area contributed by atoms with Crippen LogP contribution in [0.1, 0.15) is 30.4 Å². The molecule has 0 bridgehead atoms. The predicted octanol–water partition coefficient (Wildman–Crippen LogP) is 4.60. The summed E-state index contributed by atoms with van der Waals surface area (Å²) in [7, 11) is 0. The van der Waals surface area contributed by atoms with E-state index in [0.717, 1.165) is 6.54 Å². The monoisotopic (exact) mass is 280 g/mol. The van der Waals surface area contributed by atoms with Crippen LogP contribution < -0.4 is 10.2 Å². The van der Waals surface area contributed by atoms with Gasteiger partial charge in [-0.05, 0) is 49.4 Å². The lowest BCUT2D eigenvalue weighted by Gasteiger charge is -2.30. The zero-order valence-corrected chi connectivity index (χ0v) is 12.8. The topological polar surface area (TPSA) is 15.3 Å². The normalized spacial score (nSPS) is 15.0. The highest BCUT2D eigenvalue weighted by Crippen LogP contribution is 2.28. The van der Waals surface area contributed by atoms with Gasteiger partial charge in [-0.15, -0.1) is 0 Å². The van der Waals surface area contributed by atoms with E-state index >= 15 is 0 Å². The van der Waals surface area contributed by atoms with Crippen LogP contribution in [-0.4, -0.2) is 13.1 Å². The van der Waals surface area contributed by atoms with Crippen molar-refractivity contribution in [2.24, 2.45) is 0 Å². The molecular weight excluding hydrogens is 256 g/mol. The molecule has 0 spiro atoms. The smallest absolute Gasteiger partial charge is 0.0602 e. The van der Waals surface area contributed by atoms with Crippen LogP contribution in [0, 0.1) is 6.92 Å². The minimum absolute atomic E-state index is 0.886. The van der Waals surface area contributed by atoms with Crippen LogP contribution in [0.2, 0.25) is 0 Å². The number of rotatable bonds is 4. The molecule has 0 atom stereocenters. The summed E-state index contributed by atoms with van der Waals surface area (Å²) < 4.78 is 0. The molecule has 0 saturated carbocycles. The molecule has 110 valence electrons. The van der Waals surface area contributed by atoms with E-state index in [-0.39, 0.29) is 0 Å². The SMILES string of the molecule is Cc1ccccc1CNc1ccccc1N1CCCCC1. The first-order valence-electron chi connectivity index (χ1n) is 7.97. The lowest BCUT2D eigenvalue weighted by atomic mass is 10.1. The lowest BCUT2D eigenvalue weighted by molar-refractivity contribution is 0.578. The number of nitrogens with one attached hydrogen (secondary N) is 1. The second-order valence-electron chi connectivity index (χ2n) is 5.84. The molecule has 0 unspecified atom stereocenters. The van der Waals surface area contributed by atoms with Crippen molar-refractivity contribution in [2.75, 3.05) is 23.3 Å². The summed E-state index contributed by atoms with van der Waals surface area (Å²) in [5.74, 6) is 0. The number of piperidine rings is 1. The van der Waals surface area contributed by atoms with Crippen LogP contribution in [0.15, 0.2) is 48.5 Å². The molecule has 1 heterocycles. The number of nitrogens with zero attached hydrogens (tertiary/aromatic N) is 1. The van der Waals surface area contributed by atoms with Gasteiger partial charge in [-0.3, -0.25) is 0 Å². The summed E-state index contributed by atoms with van der Waals surface area (Å²) in [6.45, 7) is 5.43. The van der Waals surface area contributed by atoms with Crippen molar-refractivity contribution < 1.29 is 0 Å². The fourth-order valence-corrected chi connectivity index (χ4v) is 3.03. The molecule has 21 heavy (non-hydrogen) atoms. The molecule has 2 aromatic rings. The number of benzene rings is 2. The van der Waals surface area contributed by atoms with Crippen molar-refractivity contribution in [1.29, 1.82) is 0 Å². The number of hydrogen-bond acceptors (Lipinski definition) is 2. The van der Waals surface area contributed by atoms with E-state index in [1.807, 2.05) is 0 Å². The first kappa shape index (κ1) is 14.0. The molecule has 1 fully saturated rings. The van der Waals surface area contributed by atoms with Gasteiger partial charge in [-0.25, -0.2) is 0 Å². The average molecular weight is 280 g/mol. The fraction of sp³-hybridized carbons (Fsp3) is 0.368. The van der Waals surface area contributed by atoms with Gasteiger partial charge in [0.2, 0.25) is 0 Å². The van der Waals surface area contributed by atoms with Crippen LogP contribution >= 0.6 is 0 Å². The third-order valence-corrected chi connectivity index (χ3v) is 4.33. The Balaban J connectivity index is 1.74. The Kier molecular flexibility index (Phi) is 4.44. The molecule has 1 aliphatic heterocycles. The van der Waals surface area contributed by atoms with Crippen molar-refractivity contribution in [3.8, 4) is 0 Å². The van der Waals surface area contributed by atoms with Gasteiger partial charge in [-0.1, -0.05) is 36.4 Å². The fourth-order valence-electron chi connectivity index (χ4n) is 3.03. The predicted molar refractivity (Wildman–Crippen MR) is 91.0 cm³/mol. The van der Waals surface area contributed by atoms with Gasteiger partial charge in [0.25, 0.3) is 0 Å². The molecule has 0 aliphatic carbocycles. The first-order chi connectivity index (χ1) is 10.3. The Bertz CT molecular complexity index is 586. The van der Waals surface area contributed by atoms with Crippen molar-refractivity contribution in [1.82, 2.24) is 0 Å². The first-order valence-corrected chi connectivity index (χ1v) is 7.97. The number of hydrogen-bond donors (Lipinski definition) is 1. The Labute approximate surface area is 127 Å². The van der Waals surface area contributed by atoms with Crippen LogP contribution in [0.5, 0.6) is 0 Å². The number of anilines is 2. The second-order valence-corrected chi connectivity index (χ2v) is 5.84. The Hall–Kier alpha value is -1.96. The molecule has 3 rings (SSSR count). The van der Waals surface area contributed by atoms with E-state index in [9.17, 15) is 0 Å². The molecule has 1 aliphatic rings. The number of aryl methyl sites for hydroxylation is 1. The van der Waals surface area contributed by atoms with Crippen molar-refractivity contribution in [2.45, 2.75) is 32.7 Å². The molecule has 1 saturated heterocycles. The van der Waals surface area contributed by atoms with Gasteiger partial charge in [-0.2, -0.15) is 0 Å². The Morgan fingerprint density at radius 2 is 1.62 bits per heavy atom. The quantitative estimate of drug-likeness (QED) is 0.880. The standard InChI is InChI=1S/C19H24N2/c1-16-9-3-4-10-17(16)15-20-18-11-5-6-12-19(18)21-13-7-2-8-14-21/h3-6,9-12,20H,2,7-8,13-15H2,1H3. The summed E-state index contributed by atoms with van der Waals surface area (Å²) in [6.07, 6.45) is 3.99. The molecule has 2 heteroatoms. The molecule has 1 N–H and O–H groups in total. The van der Waals surface area contributed by atoms with Crippen LogP contribution in [0.3, 0.4) is 0 Å². The molecule has 0 amide bonds. The van der Waals surface area contributed by atoms with Gasteiger partial charge >= 0.3 is 0 Å². The maximum atomic E-state index is 3.63. The molecule has 2 aromatic carbocycles. The van der Waals surface area contributed by atoms with Crippen LogP contribution in [0.25, 0.3) is 0 Å². The van der Waals surface area contributed by atoms with Gasteiger partial charge in [0.05, 0.1) is 11.4 Å². The highest BCUT2D eigenvalue weighted by atomic mass is 15.1. The van der Waals surface area contributed by atoms with Crippen LogP contribution in [0.4, 0.5) is 11.4 Å². The summed E-state index contributed by atoms with van der Waals surface area (Å²) in [5, 5.41) is 3.63. The van der Waals surface area contributed by atoms with Gasteiger partial charge in [0.1, 0.15) is 0 Å². The minimum atomic E-state index is 0.886. The number of para-hydroxylation sites is 2. The third-order valence-electron chi connectivity index (χ3n) is 4.33. The highest BCUT2D eigenvalue weighted by Gasteiger charge is 2.13. The van der Waals surface area contributed by atoms with Crippen LogP contribution in [-0.2, 0) is 6.54 Å². The van der Waals surface area contributed by atoms with Crippen molar-refractivity contribution in [3.63, 3.8) is 0 Å². The maximum Gasteiger partial charge on any atom is 0.0602 e. The zero-order valence-electron chi connectivity index (χ0n) is 12.8. The van der Waals surface area contributed by atoms with E-state index in [2.05, 4.69) is 65.7 Å². The van der Waals surface area contributed by atoms with E-state index < -0.39 is 0 Å². The molecular formula is C19H24N2.